The molecule has 0 aromatic rings. The topological polar surface area (TPSA) is 150 Å². The van der Waals surface area contributed by atoms with Gasteiger partial charge in [0.1, 0.15) is 18.3 Å². The van der Waals surface area contributed by atoms with E-state index in [1.807, 2.05) is 0 Å². The van der Waals surface area contributed by atoms with Crippen LogP contribution in [0.4, 0.5) is 0 Å². The van der Waals surface area contributed by atoms with Gasteiger partial charge in [-0.3, -0.25) is 4.79 Å². The summed E-state index contributed by atoms with van der Waals surface area (Å²) in [4.78, 5) is 11.1. The Hall–Kier alpha value is -0.770. The monoisotopic (exact) mass is 239 g/mol. The van der Waals surface area contributed by atoms with E-state index >= 15 is 0 Å². The quantitative estimate of drug-likeness (QED) is 0.237. The molecule has 96 valence electrons. The minimum Gasteiger partial charge on any atom is -0.395 e. The molecule has 8 nitrogen and oxygen atoms in total. The van der Waals surface area contributed by atoms with Gasteiger partial charge in [0.15, 0.2) is 6.10 Å². The predicted molar refractivity (Wildman–Crippen MR) is 51.2 cm³/mol. The zero-order valence-corrected chi connectivity index (χ0v) is 8.52. The standard InChI is InChI=1S/C8H17NO7/c10-2-1-9-8(16)7(15)6(14)5(13)4(12)3-11/h4-7,10-15H,1-3H2,(H,9,16)/t4-,5-,6-,7+/m1/s1. The van der Waals surface area contributed by atoms with E-state index in [1.54, 1.807) is 0 Å². The summed E-state index contributed by atoms with van der Waals surface area (Å²) in [6.07, 6.45) is -7.39. The Balaban J connectivity index is 4.25. The lowest BCUT2D eigenvalue weighted by Gasteiger charge is -2.24. The predicted octanol–water partition coefficient (Wildman–Crippen LogP) is -4.47. The van der Waals surface area contributed by atoms with Crippen molar-refractivity contribution in [2.75, 3.05) is 19.8 Å². The Morgan fingerprint density at radius 3 is 2.06 bits per heavy atom. The van der Waals surface area contributed by atoms with Crippen LogP contribution in [-0.2, 0) is 4.79 Å². The molecule has 1 amide bonds. The van der Waals surface area contributed by atoms with Crippen molar-refractivity contribution in [3.63, 3.8) is 0 Å². The largest absolute Gasteiger partial charge is 0.395 e. The molecule has 0 fully saturated rings. The fraction of sp³-hybridized carbons (Fsp3) is 0.875. The first-order valence-electron chi connectivity index (χ1n) is 4.67. The second-order valence-electron chi connectivity index (χ2n) is 3.19. The van der Waals surface area contributed by atoms with Crippen LogP contribution in [0.3, 0.4) is 0 Å². The Morgan fingerprint density at radius 2 is 1.62 bits per heavy atom. The van der Waals surface area contributed by atoms with Crippen molar-refractivity contribution in [1.29, 1.82) is 0 Å². The summed E-state index contributed by atoms with van der Waals surface area (Å²) < 4.78 is 0. The van der Waals surface area contributed by atoms with E-state index in [1.165, 1.54) is 0 Å². The van der Waals surface area contributed by atoms with Crippen molar-refractivity contribution < 1.29 is 35.4 Å². The average Bonchev–Trinajstić information content (AvgIpc) is 2.31. The first-order chi connectivity index (χ1) is 7.45. The van der Waals surface area contributed by atoms with Crippen LogP contribution in [-0.4, -0.2) is 80.7 Å². The molecule has 4 atom stereocenters. The Morgan fingerprint density at radius 1 is 1.06 bits per heavy atom. The lowest BCUT2D eigenvalue weighted by molar-refractivity contribution is -0.149. The Bertz CT molecular complexity index is 213. The first kappa shape index (κ1) is 15.2. The number of carbonyl (C=O) groups is 1. The van der Waals surface area contributed by atoms with Crippen LogP contribution in [0.5, 0.6) is 0 Å². The number of hydrogen-bond donors (Lipinski definition) is 7. The summed E-state index contributed by atoms with van der Waals surface area (Å²) in [5.41, 5.74) is 0. The maximum absolute atomic E-state index is 11.1. The van der Waals surface area contributed by atoms with Gasteiger partial charge in [-0.15, -0.1) is 0 Å². The molecule has 8 heteroatoms. The van der Waals surface area contributed by atoms with Gasteiger partial charge in [-0.25, -0.2) is 0 Å². The highest BCUT2D eigenvalue weighted by Gasteiger charge is 2.33. The molecule has 0 aliphatic carbocycles. The molecular weight excluding hydrogens is 222 g/mol. The number of carbonyl (C=O) groups excluding carboxylic acids is 1. The van der Waals surface area contributed by atoms with Gasteiger partial charge < -0.3 is 36.0 Å². The van der Waals surface area contributed by atoms with Crippen LogP contribution in [0.25, 0.3) is 0 Å². The molecule has 0 rings (SSSR count). The summed E-state index contributed by atoms with van der Waals surface area (Å²) in [6, 6.07) is 0. The third kappa shape index (κ3) is 4.39. The van der Waals surface area contributed by atoms with Gasteiger partial charge in [0.05, 0.1) is 13.2 Å². The number of rotatable bonds is 7. The average molecular weight is 239 g/mol. The van der Waals surface area contributed by atoms with Crippen LogP contribution in [0.2, 0.25) is 0 Å². The lowest BCUT2D eigenvalue weighted by Crippen LogP contribution is -2.51. The second kappa shape index (κ2) is 7.49. The highest BCUT2D eigenvalue weighted by atomic mass is 16.4. The number of aliphatic hydroxyl groups is 6. The third-order valence-electron chi connectivity index (χ3n) is 1.93. The molecule has 0 aliphatic rings. The van der Waals surface area contributed by atoms with Gasteiger partial charge >= 0.3 is 0 Å². The normalized spacial score (nSPS) is 18.6. The number of nitrogens with one attached hydrogen (secondary N) is 1. The number of aliphatic hydroxyl groups excluding tert-OH is 6. The molecular formula is C8H17NO7. The number of amides is 1. The van der Waals surface area contributed by atoms with Crippen LogP contribution in [0, 0.1) is 0 Å². The fourth-order valence-corrected chi connectivity index (χ4v) is 0.961. The first-order valence-corrected chi connectivity index (χ1v) is 4.67. The summed E-state index contributed by atoms with van der Waals surface area (Å²) in [5, 5.41) is 55.6. The van der Waals surface area contributed by atoms with Crippen molar-refractivity contribution >= 4 is 5.91 Å². The zero-order chi connectivity index (χ0) is 12.7. The minimum atomic E-state index is -1.96. The van der Waals surface area contributed by atoms with E-state index in [2.05, 4.69) is 5.32 Å². The van der Waals surface area contributed by atoms with Gasteiger partial charge in [0.25, 0.3) is 5.91 Å². The van der Waals surface area contributed by atoms with Crippen molar-refractivity contribution in [3.05, 3.63) is 0 Å². The summed E-state index contributed by atoms with van der Waals surface area (Å²) >= 11 is 0. The maximum Gasteiger partial charge on any atom is 0.251 e. The summed E-state index contributed by atoms with van der Waals surface area (Å²) in [7, 11) is 0. The molecule has 0 heterocycles. The van der Waals surface area contributed by atoms with E-state index < -0.39 is 36.9 Å². The van der Waals surface area contributed by atoms with Gasteiger partial charge in [-0.05, 0) is 0 Å². The van der Waals surface area contributed by atoms with Crippen molar-refractivity contribution in [2.45, 2.75) is 24.4 Å². The van der Waals surface area contributed by atoms with E-state index in [4.69, 9.17) is 15.3 Å². The van der Waals surface area contributed by atoms with Gasteiger partial charge in [-0.1, -0.05) is 0 Å². The van der Waals surface area contributed by atoms with E-state index in [-0.39, 0.29) is 13.2 Å². The van der Waals surface area contributed by atoms with Gasteiger partial charge in [0.2, 0.25) is 0 Å². The maximum atomic E-state index is 11.1. The molecule has 0 aromatic carbocycles. The van der Waals surface area contributed by atoms with E-state index in [0.717, 1.165) is 0 Å². The fourth-order valence-electron chi connectivity index (χ4n) is 0.961. The highest BCUT2D eigenvalue weighted by Crippen LogP contribution is 2.05. The minimum absolute atomic E-state index is 0.110. The highest BCUT2D eigenvalue weighted by molar-refractivity contribution is 5.81. The van der Waals surface area contributed by atoms with Gasteiger partial charge in [-0.2, -0.15) is 0 Å². The van der Waals surface area contributed by atoms with Crippen molar-refractivity contribution in [3.8, 4) is 0 Å². The van der Waals surface area contributed by atoms with Crippen LogP contribution < -0.4 is 5.32 Å². The molecule has 0 aliphatic heterocycles. The van der Waals surface area contributed by atoms with Gasteiger partial charge in [0, 0.05) is 6.54 Å². The molecule has 0 bridgehead atoms. The van der Waals surface area contributed by atoms with Crippen molar-refractivity contribution in [2.24, 2.45) is 0 Å². The smallest absolute Gasteiger partial charge is 0.251 e. The van der Waals surface area contributed by atoms with Crippen molar-refractivity contribution in [1.82, 2.24) is 5.32 Å². The molecule has 7 N–H and O–H groups in total. The lowest BCUT2D eigenvalue weighted by atomic mass is 10.0. The van der Waals surface area contributed by atoms with Crippen LogP contribution in [0.15, 0.2) is 0 Å². The molecule has 0 saturated heterocycles. The molecule has 0 unspecified atom stereocenters. The molecule has 0 radical (unpaired) electrons. The zero-order valence-electron chi connectivity index (χ0n) is 8.52. The van der Waals surface area contributed by atoms with Crippen LogP contribution >= 0.6 is 0 Å². The molecule has 0 aromatic heterocycles. The molecule has 0 saturated carbocycles. The summed E-state index contributed by atoms with van der Waals surface area (Å²) in [6.45, 7) is -1.26. The third-order valence-corrected chi connectivity index (χ3v) is 1.93. The molecule has 16 heavy (non-hydrogen) atoms. The molecule has 0 spiro atoms. The number of hydrogen-bond acceptors (Lipinski definition) is 7. The van der Waals surface area contributed by atoms with E-state index in [9.17, 15) is 20.1 Å². The Labute approximate surface area is 91.8 Å². The Kier molecular flexibility index (Phi) is 7.13. The van der Waals surface area contributed by atoms with E-state index in [0.29, 0.717) is 0 Å². The summed E-state index contributed by atoms with van der Waals surface area (Å²) in [5.74, 6) is -0.995. The SMILES string of the molecule is O=C(NCCO)[C@@H](O)[C@H](O)[C@H](O)[C@H](O)CO. The second-order valence-corrected chi connectivity index (χ2v) is 3.19. The van der Waals surface area contributed by atoms with Crippen LogP contribution in [0.1, 0.15) is 0 Å².